The van der Waals surface area contributed by atoms with E-state index in [1.165, 1.54) is 37.9 Å². The van der Waals surface area contributed by atoms with Crippen molar-refractivity contribution in [2.45, 2.75) is 30.6 Å². The van der Waals surface area contributed by atoms with E-state index in [0.29, 0.717) is 0 Å². The molecule has 2 heteroatoms. The Balaban J connectivity index is 2.18. The van der Waals surface area contributed by atoms with Crippen LogP contribution < -0.4 is 5.32 Å². The van der Waals surface area contributed by atoms with Gasteiger partial charge in [0.1, 0.15) is 0 Å². The van der Waals surface area contributed by atoms with Crippen molar-refractivity contribution < 1.29 is 0 Å². The van der Waals surface area contributed by atoms with Gasteiger partial charge >= 0.3 is 0 Å². The summed E-state index contributed by atoms with van der Waals surface area (Å²) in [6.07, 6.45) is 0. The molecule has 0 atom stereocenters. The Morgan fingerprint density at radius 1 is 0.941 bits per heavy atom. The zero-order chi connectivity index (χ0) is 12.0. The van der Waals surface area contributed by atoms with Crippen LogP contribution in [0.15, 0.2) is 40.1 Å². The zero-order valence-corrected chi connectivity index (χ0v) is 11.1. The summed E-state index contributed by atoms with van der Waals surface area (Å²) in [5.41, 5.74) is 6.61. The molecule has 1 aliphatic heterocycles. The Kier molecular flexibility index (Phi) is 2.40. The van der Waals surface area contributed by atoms with Gasteiger partial charge in [-0.05, 0) is 55.7 Å². The van der Waals surface area contributed by atoms with E-state index in [1.54, 1.807) is 0 Å². The van der Waals surface area contributed by atoms with E-state index in [0.717, 1.165) is 0 Å². The molecule has 0 saturated carbocycles. The lowest BCUT2D eigenvalue weighted by atomic mass is 10.0. The summed E-state index contributed by atoms with van der Waals surface area (Å²) >= 11 is 1.86. The van der Waals surface area contributed by atoms with Crippen LogP contribution in [0.5, 0.6) is 0 Å². The SMILES string of the molecule is Cc1cc2c(c(C)c1C)Nc1ccccc1S2. The van der Waals surface area contributed by atoms with Crippen molar-refractivity contribution in [3.8, 4) is 0 Å². The number of rotatable bonds is 0. The van der Waals surface area contributed by atoms with Crippen molar-refractivity contribution in [2.24, 2.45) is 0 Å². The van der Waals surface area contributed by atoms with Crippen molar-refractivity contribution in [2.75, 3.05) is 5.32 Å². The van der Waals surface area contributed by atoms with Crippen molar-refractivity contribution in [1.82, 2.24) is 0 Å². The molecule has 0 bridgehead atoms. The van der Waals surface area contributed by atoms with Gasteiger partial charge in [0.25, 0.3) is 0 Å². The van der Waals surface area contributed by atoms with Gasteiger partial charge in [-0.25, -0.2) is 0 Å². The largest absolute Gasteiger partial charge is 0.353 e. The highest BCUT2D eigenvalue weighted by molar-refractivity contribution is 7.99. The third-order valence-corrected chi connectivity index (χ3v) is 4.61. The molecule has 1 heterocycles. The first-order valence-corrected chi connectivity index (χ1v) is 6.63. The molecule has 0 aliphatic carbocycles. The van der Waals surface area contributed by atoms with Crippen molar-refractivity contribution in [3.05, 3.63) is 47.0 Å². The molecule has 2 aromatic carbocycles. The van der Waals surface area contributed by atoms with E-state index in [9.17, 15) is 0 Å². The number of benzene rings is 2. The third-order valence-electron chi connectivity index (χ3n) is 3.49. The topological polar surface area (TPSA) is 12.0 Å². The second kappa shape index (κ2) is 3.81. The summed E-state index contributed by atoms with van der Waals surface area (Å²) in [7, 11) is 0. The summed E-state index contributed by atoms with van der Waals surface area (Å²) in [6.45, 7) is 6.57. The maximum absolute atomic E-state index is 3.56. The lowest BCUT2D eigenvalue weighted by Crippen LogP contribution is -2.03. The van der Waals surface area contributed by atoms with E-state index in [1.807, 2.05) is 11.8 Å². The van der Waals surface area contributed by atoms with Gasteiger partial charge in [0.05, 0.1) is 11.4 Å². The maximum Gasteiger partial charge on any atom is 0.0558 e. The second-order valence-electron chi connectivity index (χ2n) is 4.54. The minimum atomic E-state index is 1.22. The van der Waals surface area contributed by atoms with E-state index in [2.05, 4.69) is 56.4 Å². The van der Waals surface area contributed by atoms with Crippen LogP contribution in [0.1, 0.15) is 16.7 Å². The van der Waals surface area contributed by atoms with Gasteiger partial charge in [0.2, 0.25) is 0 Å². The highest BCUT2D eigenvalue weighted by atomic mass is 32.2. The standard InChI is InChI=1S/C15H15NS/c1-9-8-14-15(11(3)10(9)2)16-12-6-4-5-7-13(12)17-14/h4-8,16H,1-3H3. The van der Waals surface area contributed by atoms with Gasteiger partial charge in [-0.3, -0.25) is 0 Å². The highest BCUT2D eigenvalue weighted by Gasteiger charge is 2.18. The quantitative estimate of drug-likeness (QED) is 0.605. The van der Waals surface area contributed by atoms with E-state index in [4.69, 9.17) is 0 Å². The molecule has 0 unspecified atom stereocenters. The van der Waals surface area contributed by atoms with Crippen LogP contribution in [-0.4, -0.2) is 0 Å². The Hall–Kier alpha value is -1.41. The number of aryl methyl sites for hydroxylation is 1. The molecule has 1 N–H and O–H groups in total. The molecule has 0 amide bonds. The molecule has 0 radical (unpaired) electrons. The molecular weight excluding hydrogens is 226 g/mol. The van der Waals surface area contributed by atoms with Gasteiger partial charge < -0.3 is 5.32 Å². The maximum atomic E-state index is 3.56. The fraction of sp³-hybridized carbons (Fsp3) is 0.200. The molecule has 0 aromatic heterocycles. The lowest BCUT2D eigenvalue weighted by Gasteiger charge is -2.24. The summed E-state index contributed by atoms with van der Waals surface area (Å²) in [4.78, 5) is 2.65. The fourth-order valence-electron chi connectivity index (χ4n) is 2.19. The number of anilines is 2. The second-order valence-corrected chi connectivity index (χ2v) is 5.62. The van der Waals surface area contributed by atoms with E-state index < -0.39 is 0 Å². The van der Waals surface area contributed by atoms with Crippen molar-refractivity contribution >= 4 is 23.1 Å². The predicted octanol–water partition coefficient (Wildman–Crippen LogP) is 4.82. The van der Waals surface area contributed by atoms with Gasteiger partial charge in [-0.2, -0.15) is 0 Å². The van der Waals surface area contributed by atoms with E-state index >= 15 is 0 Å². The van der Waals surface area contributed by atoms with Crippen LogP contribution in [-0.2, 0) is 0 Å². The summed E-state index contributed by atoms with van der Waals surface area (Å²) < 4.78 is 0. The van der Waals surface area contributed by atoms with Crippen LogP contribution >= 0.6 is 11.8 Å². The Labute approximate surface area is 106 Å². The molecule has 2 aromatic rings. The van der Waals surface area contributed by atoms with Crippen molar-refractivity contribution in [1.29, 1.82) is 0 Å². The number of nitrogens with one attached hydrogen (secondary N) is 1. The minimum Gasteiger partial charge on any atom is -0.353 e. The van der Waals surface area contributed by atoms with Gasteiger partial charge in [0, 0.05) is 9.79 Å². The first kappa shape index (κ1) is 10.7. The predicted molar refractivity (Wildman–Crippen MR) is 74.5 cm³/mol. The Morgan fingerprint density at radius 2 is 1.71 bits per heavy atom. The monoisotopic (exact) mass is 241 g/mol. The molecule has 1 aliphatic rings. The Morgan fingerprint density at radius 3 is 2.53 bits per heavy atom. The van der Waals surface area contributed by atoms with Crippen LogP contribution in [0.4, 0.5) is 11.4 Å². The number of para-hydroxylation sites is 1. The summed E-state index contributed by atoms with van der Waals surface area (Å²) in [6, 6.07) is 10.8. The molecular formula is C15H15NS. The first-order chi connectivity index (χ1) is 8.16. The molecule has 1 nitrogen and oxygen atoms in total. The molecule has 0 saturated heterocycles. The third kappa shape index (κ3) is 1.64. The van der Waals surface area contributed by atoms with Crippen LogP contribution in [0, 0.1) is 20.8 Å². The zero-order valence-electron chi connectivity index (χ0n) is 10.3. The summed E-state index contributed by atoms with van der Waals surface area (Å²) in [5, 5.41) is 3.56. The number of fused-ring (bicyclic) bond motifs is 2. The molecule has 0 spiro atoms. The molecule has 17 heavy (non-hydrogen) atoms. The van der Waals surface area contributed by atoms with Gasteiger partial charge in [-0.15, -0.1) is 0 Å². The van der Waals surface area contributed by atoms with Gasteiger partial charge in [0.15, 0.2) is 0 Å². The molecule has 0 fully saturated rings. The highest BCUT2D eigenvalue weighted by Crippen LogP contribution is 2.46. The first-order valence-electron chi connectivity index (χ1n) is 5.81. The average Bonchev–Trinajstić information content (AvgIpc) is 2.34. The fourth-order valence-corrected chi connectivity index (χ4v) is 3.35. The smallest absolute Gasteiger partial charge is 0.0558 e. The minimum absolute atomic E-state index is 1.22. The number of hydrogen-bond donors (Lipinski definition) is 1. The van der Waals surface area contributed by atoms with Crippen LogP contribution in [0.25, 0.3) is 0 Å². The molecule has 3 rings (SSSR count). The average molecular weight is 241 g/mol. The lowest BCUT2D eigenvalue weighted by molar-refractivity contribution is 1.19. The van der Waals surface area contributed by atoms with Crippen molar-refractivity contribution in [3.63, 3.8) is 0 Å². The van der Waals surface area contributed by atoms with Crippen LogP contribution in [0.2, 0.25) is 0 Å². The number of hydrogen-bond acceptors (Lipinski definition) is 2. The van der Waals surface area contributed by atoms with E-state index in [-0.39, 0.29) is 0 Å². The van der Waals surface area contributed by atoms with Gasteiger partial charge in [-0.1, -0.05) is 23.9 Å². The Bertz CT molecular complexity index is 602. The normalized spacial score (nSPS) is 12.6. The molecule has 86 valence electrons. The summed E-state index contributed by atoms with van der Waals surface area (Å²) in [5.74, 6) is 0. The van der Waals surface area contributed by atoms with Crippen LogP contribution in [0.3, 0.4) is 0 Å².